The highest BCUT2D eigenvalue weighted by Gasteiger charge is 2.20. The number of likely N-dealkylation sites (N-methyl/N-ethyl adjacent to an activating group) is 1. The van der Waals surface area contributed by atoms with Crippen LogP contribution in [-0.2, 0) is 17.8 Å². The van der Waals surface area contributed by atoms with Gasteiger partial charge in [0.2, 0.25) is 5.91 Å². The van der Waals surface area contributed by atoms with Crippen LogP contribution >= 0.6 is 0 Å². The number of aliphatic imine (C=N–C) groups is 1. The van der Waals surface area contributed by atoms with E-state index in [-0.39, 0.29) is 12.5 Å². The summed E-state index contributed by atoms with van der Waals surface area (Å²) in [5, 5.41) is 7.44. The summed E-state index contributed by atoms with van der Waals surface area (Å²) in [4.78, 5) is 22.7. The number of guanidine groups is 1. The number of rotatable bonds is 7. The van der Waals surface area contributed by atoms with Gasteiger partial charge in [-0.25, -0.2) is 4.99 Å². The quantitative estimate of drug-likeness (QED) is 0.555. The highest BCUT2D eigenvalue weighted by atomic mass is 16.5. The van der Waals surface area contributed by atoms with Gasteiger partial charge in [-0.1, -0.05) is 35.5 Å². The van der Waals surface area contributed by atoms with E-state index in [1.54, 1.807) is 25.3 Å². The third-order valence-electron chi connectivity index (χ3n) is 4.95. The summed E-state index contributed by atoms with van der Waals surface area (Å²) in [6.07, 6.45) is 2.52. The molecule has 1 aromatic carbocycles. The molecule has 0 spiro atoms. The Balaban J connectivity index is 1.55. The van der Waals surface area contributed by atoms with E-state index in [0.29, 0.717) is 0 Å². The molecule has 0 atom stereocenters. The molecule has 0 unspecified atom stereocenters. The fraction of sp³-hybridized carbons (Fsp3) is 0.476. The monoisotopic (exact) mass is 398 g/mol. The van der Waals surface area contributed by atoms with Crippen LogP contribution in [0.25, 0.3) is 0 Å². The number of carbonyl (C=O) groups is 1. The van der Waals surface area contributed by atoms with Crippen molar-refractivity contribution in [1.29, 1.82) is 0 Å². The van der Waals surface area contributed by atoms with Crippen LogP contribution in [0.3, 0.4) is 0 Å². The molecule has 2 heterocycles. The average Bonchev–Trinajstić information content (AvgIpc) is 3.25. The van der Waals surface area contributed by atoms with Gasteiger partial charge in [0.15, 0.2) is 5.96 Å². The molecule has 0 bridgehead atoms. The Bertz CT molecular complexity index is 768. The third kappa shape index (κ3) is 6.60. The van der Waals surface area contributed by atoms with Crippen LogP contribution in [0.4, 0.5) is 0 Å². The number of amides is 1. The van der Waals surface area contributed by atoms with Gasteiger partial charge < -0.3 is 19.6 Å². The normalized spacial score (nSPS) is 15.4. The van der Waals surface area contributed by atoms with Crippen molar-refractivity contribution in [2.24, 2.45) is 4.99 Å². The lowest BCUT2D eigenvalue weighted by Crippen LogP contribution is -2.52. The second-order valence-corrected chi connectivity index (χ2v) is 7.34. The molecule has 1 aromatic heterocycles. The fourth-order valence-electron chi connectivity index (χ4n) is 3.18. The highest BCUT2D eigenvalue weighted by Crippen LogP contribution is 2.08. The Kier molecular flexibility index (Phi) is 7.63. The second kappa shape index (κ2) is 10.6. The fourth-order valence-corrected chi connectivity index (χ4v) is 3.18. The lowest BCUT2D eigenvalue weighted by atomic mass is 10.1. The molecular weight excluding hydrogens is 368 g/mol. The van der Waals surface area contributed by atoms with E-state index < -0.39 is 0 Å². The molecule has 1 N–H and O–H groups in total. The lowest BCUT2D eigenvalue weighted by molar-refractivity contribution is -0.127. The van der Waals surface area contributed by atoms with Crippen molar-refractivity contribution in [2.45, 2.75) is 13.0 Å². The maximum absolute atomic E-state index is 12.0. The van der Waals surface area contributed by atoms with Crippen molar-refractivity contribution < 1.29 is 9.32 Å². The largest absolute Gasteiger partial charge is 0.364 e. The summed E-state index contributed by atoms with van der Waals surface area (Å²) in [5.74, 6) is 0.800. The summed E-state index contributed by atoms with van der Waals surface area (Å²) >= 11 is 0. The van der Waals surface area contributed by atoms with Crippen molar-refractivity contribution in [3.8, 4) is 0 Å². The molecule has 1 amide bonds. The van der Waals surface area contributed by atoms with Gasteiger partial charge in [0, 0.05) is 59.4 Å². The Labute approximate surface area is 172 Å². The number of carbonyl (C=O) groups excluding carboxylic acids is 1. The van der Waals surface area contributed by atoms with Crippen molar-refractivity contribution in [3.05, 3.63) is 53.9 Å². The maximum Gasteiger partial charge on any atom is 0.243 e. The molecule has 1 fully saturated rings. The van der Waals surface area contributed by atoms with Gasteiger partial charge in [0.25, 0.3) is 0 Å². The van der Waals surface area contributed by atoms with Crippen LogP contribution in [0, 0.1) is 0 Å². The van der Waals surface area contributed by atoms with Crippen LogP contribution in [0.2, 0.25) is 0 Å². The average molecular weight is 399 g/mol. The van der Waals surface area contributed by atoms with Crippen molar-refractivity contribution >= 4 is 11.9 Å². The summed E-state index contributed by atoms with van der Waals surface area (Å²) in [5.41, 5.74) is 2.23. The first-order chi connectivity index (χ1) is 14.1. The molecule has 29 heavy (non-hydrogen) atoms. The van der Waals surface area contributed by atoms with Gasteiger partial charge in [-0.2, -0.15) is 0 Å². The summed E-state index contributed by atoms with van der Waals surface area (Å²) in [7, 11) is 3.51. The molecule has 3 rings (SSSR count). The minimum absolute atomic E-state index is 0.00275. The van der Waals surface area contributed by atoms with Crippen molar-refractivity contribution in [1.82, 2.24) is 25.2 Å². The van der Waals surface area contributed by atoms with Crippen LogP contribution in [0.1, 0.15) is 11.3 Å². The van der Waals surface area contributed by atoms with Gasteiger partial charge in [-0.3, -0.25) is 9.69 Å². The Morgan fingerprint density at radius 1 is 1.17 bits per heavy atom. The molecule has 1 aliphatic rings. The number of piperazine rings is 1. The van der Waals surface area contributed by atoms with Gasteiger partial charge in [-0.05, 0) is 12.0 Å². The minimum atomic E-state index is -0.00275. The van der Waals surface area contributed by atoms with E-state index in [2.05, 4.69) is 37.4 Å². The Morgan fingerprint density at radius 2 is 1.93 bits per heavy atom. The van der Waals surface area contributed by atoms with E-state index in [4.69, 9.17) is 4.52 Å². The predicted octanol–water partition coefficient (Wildman–Crippen LogP) is 1.07. The number of hydrogen-bond acceptors (Lipinski definition) is 5. The van der Waals surface area contributed by atoms with Crippen LogP contribution < -0.4 is 5.32 Å². The Hall–Kier alpha value is -2.87. The number of benzene rings is 1. The smallest absolute Gasteiger partial charge is 0.243 e. The van der Waals surface area contributed by atoms with Gasteiger partial charge in [0.1, 0.15) is 12.8 Å². The molecule has 0 saturated carbocycles. The number of aromatic nitrogens is 1. The second-order valence-electron chi connectivity index (χ2n) is 7.34. The number of nitrogens with one attached hydrogen (secondary N) is 1. The predicted molar refractivity (Wildman–Crippen MR) is 112 cm³/mol. The first-order valence-electron chi connectivity index (χ1n) is 10.0. The maximum atomic E-state index is 12.0. The van der Waals surface area contributed by atoms with E-state index in [9.17, 15) is 4.79 Å². The van der Waals surface area contributed by atoms with Gasteiger partial charge in [0.05, 0.1) is 5.69 Å². The standard InChI is InChI=1S/C21H30N6O2/c1-25(2)20(28)16-23-21(22-10-8-18-6-4-3-5-7-18)27-13-11-26(12-14-27)17-19-9-15-29-24-19/h3-7,9,15H,8,10-14,16-17H2,1-2H3,(H,22,23). The third-order valence-corrected chi connectivity index (χ3v) is 4.95. The number of hydrogen-bond donors (Lipinski definition) is 1. The zero-order valence-electron chi connectivity index (χ0n) is 17.3. The van der Waals surface area contributed by atoms with E-state index in [1.807, 2.05) is 24.3 Å². The zero-order chi connectivity index (χ0) is 20.5. The Morgan fingerprint density at radius 3 is 2.59 bits per heavy atom. The molecule has 1 aliphatic heterocycles. The number of nitrogens with zero attached hydrogens (tertiary/aromatic N) is 5. The first kappa shape index (κ1) is 20.9. The van der Waals surface area contributed by atoms with E-state index in [1.165, 1.54) is 5.56 Å². The summed E-state index contributed by atoms with van der Waals surface area (Å²) < 4.78 is 4.92. The summed E-state index contributed by atoms with van der Waals surface area (Å²) in [6.45, 7) is 5.24. The van der Waals surface area contributed by atoms with Crippen LogP contribution in [-0.4, -0.2) is 85.1 Å². The highest BCUT2D eigenvalue weighted by molar-refractivity contribution is 5.85. The van der Waals surface area contributed by atoms with E-state index in [0.717, 1.165) is 57.3 Å². The molecule has 8 nitrogen and oxygen atoms in total. The SMILES string of the molecule is CN(C)C(=O)CN=C(NCCc1ccccc1)N1CCN(Cc2ccon2)CC1. The van der Waals surface area contributed by atoms with Gasteiger partial charge >= 0.3 is 0 Å². The molecule has 156 valence electrons. The first-order valence-corrected chi connectivity index (χ1v) is 10.0. The molecule has 2 aromatic rings. The molecule has 8 heteroatoms. The van der Waals surface area contributed by atoms with Crippen molar-refractivity contribution in [3.63, 3.8) is 0 Å². The van der Waals surface area contributed by atoms with Crippen LogP contribution in [0.5, 0.6) is 0 Å². The topological polar surface area (TPSA) is 77.2 Å². The van der Waals surface area contributed by atoms with E-state index >= 15 is 0 Å². The van der Waals surface area contributed by atoms with Crippen LogP contribution in [0.15, 0.2) is 52.2 Å². The zero-order valence-corrected chi connectivity index (χ0v) is 17.3. The minimum Gasteiger partial charge on any atom is -0.364 e. The van der Waals surface area contributed by atoms with Gasteiger partial charge in [-0.15, -0.1) is 0 Å². The molecular formula is C21H30N6O2. The molecule has 1 saturated heterocycles. The van der Waals surface area contributed by atoms with Crippen molar-refractivity contribution in [2.75, 3.05) is 53.4 Å². The lowest BCUT2D eigenvalue weighted by Gasteiger charge is -2.36. The summed E-state index contributed by atoms with van der Waals surface area (Å²) in [6, 6.07) is 12.3. The molecule has 0 aliphatic carbocycles. The molecule has 0 radical (unpaired) electrons.